The molecule has 0 heterocycles. The minimum atomic E-state index is -3.05. The molecule has 0 aliphatic heterocycles. The Morgan fingerprint density at radius 2 is 1.80 bits per heavy atom. The van der Waals surface area contributed by atoms with Gasteiger partial charge < -0.3 is 5.32 Å². The first-order valence-electron chi connectivity index (χ1n) is 8.06. The molecule has 120 valence electrons. The monoisotopic (exact) mass is 304 g/mol. The third-order valence-electron chi connectivity index (χ3n) is 3.62. The number of unbranched alkanes of at least 4 members (excludes halogenated alkanes) is 1. The molecule has 1 aliphatic rings. The molecule has 20 heavy (non-hydrogen) atoms. The molecule has 0 saturated heterocycles. The maximum Gasteiger partial charge on any atom is 0.214 e. The first-order valence-corrected chi connectivity index (χ1v) is 9.66. The van der Waals surface area contributed by atoms with Crippen LogP contribution in [0.15, 0.2) is 0 Å². The molecule has 0 unspecified atom stereocenters. The van der Waals surface area contributed by atoms with Crippen LogP contribution in [0.5, 0.6) is 0 Å². The minimum Gasteiger partial charge on any atom is -0.315 e. The van der Waals surface area contributed by atoms with Gasteiger partial charge in [0.05, 0.1) is 5.75 Å². The molecule has 0 atom stereocenters. The van der Waals surface area contributed by atoms with Crippen LogP contribution in [0.4, 0.5) is 0 Å². The first kappa shape index (κ1) is 17.9. The zero-order chi connectivity index (χ0) is 15.2. The molecule has 0 amide bonds. The Bertz CT molecular complexity index is 362. The van der Waals surface area contributed by atoms with Gasteiger partial charge in [0.25, 0.3) is 0 Å². The fourth-order valence-electron chi connectivity index (χ4n) is 2.21. The van der Waals surface area contributed by atoms with E-state index in [1.165, 1.54) is 0 Å². The summed E-state index contributed by atoms with van der Waals surface area (Å²) in [6.07, 6.45) is 4.75. The van der Waals surface area contributed by atoms with Gasteiger partial charge in [-0.3, -0.25) is 0 Å². The van der Waals surface area contributed by atoms with Crippen molar-refractivity contribution in [3.05, 3.63) is 0 Å². The summed E-state index contributed by atoms with van der Waals surface area (Å²) in [5.74, 6) is 0.864. The van der Waals surface area contributed by atoms with Crippen molar-refractivity contribution in [3.8, 4) is 0 Å². The molecule has 1 N–H and O–H groups in total. The molecule has 0 aromatic rings. The Balaban J connectivity index is 2.35. The Morgan fingerprint density at radius 1 is 1.15 bits per heavy atom. The van der Waals surface area contributed by atoms with E-state index in [-0.39, 0.29) is 0 Å². The van der Waals surface area contributed by atoms with Crippen molar-refractivity contribution >= 4 is 10.0 Å². The van der Waals surface area contributed by atoms with Gasteiger partial charge in [0.15, 0.2) is 0 Å². The highest BCUT2D eigenvalue weighted by Crippen LogP contribution is 2.30. The molecule has 4 nitrogen and oxygen atoms in total. The number of nitrogens with one attached hydrogen (secondary N) is 1. The summed E-state index contributed by atoms with van der Waals surface area (Å²) >= 11 is 0. The van der Waals surface area contributed by atoms with Gasteiger partial charge in [-0.05, 0) is 44.6 Å². The van der Waals surface area contributed by atoms with E-state index in [0.717, 1.165) is 38.6 Å². The molecule has 0 spiro atoms. The van der Waals surface area contributed by atoms with E-state index < -0.39 is 10.0 Å². The van der Waals surface area contributed by atoms with Crippen LogP contribution in [0.1, 0.15) is 59.8 Å². The van der Waals surface area contributed by atoms with Gasteiger partial charge in [0.1, 0.15) is 0 Å². The summed E-state index contributed by atoms with van der Waals surface area (Å²) in [7, 11) is -3.05. The number of hydrogen-bond donors (Lipinski definition) is 1. The summed E-state index contributed by atoms with van der Waals surface area (Å²) in [5, 5.41) is 3.33. The average molecular weight is 304 g/mol. The SMILES string of the molecule is CC(C)CCN(C1CC1)S(=O)(=O)CCCCNC(C)C. The molecule has 0 aromatic heterocycles. The van der Waals surface area contributed by atoms with Crippen LogP contribution < -0.4 is 5.32 Å². The highest BCUT2D eigenvalue weighted by atomic mass is 32.2. The molecule has 1 saturated carbocycles. The summed E-state index contributed by atoms with van der Waals surface area (Å²) in [5.41, 5.74) is 0. The van der Waals surface area contributed by atoms with Gasteiger partial charge >= 0.3 is 0 Å². The summed E-state index contributed by atoms with van der Waals surface area (Å²) in [4.78, 5) is 0. The second-order valence-corrected chi connectivity index (χ2v) is 8.70. The highest BCUT2D eigenvalue weighted by molar-refractivity contribution is 7.89. The quantitative estimate of drug-likeness (QED) is 0.597. The minimum absolute atomic E-state index is 0.299. The molecule has 5 heteroatoms. The molecule has 1 fully saturated rings. The van der Waals surface area contributed by atoms with Crippen LogP contribution in [0.25, 0.3) is 0 Å². The van der Waals surface area contributed by atoms with E-state index in [1.807, 2.05) is 0 Å². The lowest BCUT2D eigenvalue weighted by molar-refractivity contribution is 0.372. The zero-order valence-corrected chi connectivity index (χ0v) is 14.4. The molecule has 0 bridgehead atoms. The molecular formula is C15H32N2O2S. The van der Waals surface area contributed by atoms with Gasteiger partial charge in [-0.25, -0.2) is 8.42 Å². The third kappa shape index (κ3) is 7.04. The molecule has 1 rings (SSSR count). The summed E-state index contributed by atoms with van der Waals surface area (Å²) in [6, 6.07) is 0.771. The van der Waals surface area contributed by atoms with Crippen LogP contribution in [-0.4, -0.2) is 43.6 Å². The van der Waals surface area contributed by atoms with Crippen LogP contribution >= 0.6 is 0 Å². The number of hydrogen-bond acceptors (Lipinski definition) is 3. The van der Waals surface area contributed by atoms with Crippen molar-refractivity contribution in [2.45, 2.75) is 71.9 Å². The average Bonchev–Trinajstić information content (AvgIpc) is 3.11. The maximum atomic E-state index is 12.4. The topological polar surface area (TPSA) is 49.4 Å². The standard InChI is InChI=1S/C15H32N2O2S/c1-13(2)9-11-17(15-7-8-15)20(18,19)12-6-5-10-16-14(3)4/h13-16H,5-12H2,1-4H3. The molecular weight excluding hydrogens is 272 g/mol. The number of rotatable bonds is 11. The fourth-order valence-corrected chi connectivity index (χ4v) is 4.07. The second kappa shape index (κ2) is 8.35. The maximum absolute atomic E-state index is 12.4. The number of sulfonamides is 1. The van der Waals surface area contributed by atoms with Crippen LogP contribution in [0.2, 0.25) is 0 Å². The molecule has 0 radical (unpaired) electrons. The smallest absolute Gasteiger partial charge is 0.214 e. The van der Waals surface area contributed by atoms with Crippen LogP contribution in [0.3, 0.4) is 0 Å². The fraction of sp³-hybridized carbons (Fsp3) is 1.00. The third-order valence-corrected chi connectivity index (χ3v) is 5.62. The predicted molar refractivity (Wildman–Crippen MR) is 85.3 cm³/mol. The first-order chi connectivity index (χ1) is 9.33. The van der Waals surface area contributed by atoms with E-state index in [4.69, 9.17) is 0 Å². The molecule has 1 aliphatic carbocycles. The molecule has 0 aromatic carbocycles. The van der Waals surface area contributed by atoms with Gasteiger partial charge in [0.2, 0.25) is 10.0 Å². The van der Waals surface area contributed by atoms with Gasteiger partial charge in [-0.2, -0.15) is 4.31 Å². The highest BCUT2D eigenvalue weighted by Gasteiger charge is 2.36. The van der Waals surface area contributed by atoms with Gasteiger partial charge in [0, 0.05) is 18.6 Å². The lowest BCUT2D eigenvalue weighted by atomic mass is 10.1. The van der Waals surface area contributed by atoms with Crippen molar-refractivity contribution in [1.29, 1.82) is 0 Å². The summed E-state index contributed by atoms with van der Waals surface area (Å²) < 4.78 is 26.6. The summed E-state index contributed by atoms with van der Waals surface area (Å²) in [6.45, 7) is 10.1. The van der Waals surface area contributed by atoms with Crippen molar-refractivity contribution in [1.82, 2.24) is 9.62 Å². The van der Waals surface area contributed by atoms with Crippen molar-refractivity contribution in [2.24, 2.45) is 5.92 Å². The van der Waals surface area contributed by atoms with Crippen LogP contribution in [-0.2, 0) is 10.0 Å². The predicted octanol–water partition coefficient (Wildman–Crippen LogP) is 2.60. The van der Waals surface area contributed by atoms with Crippen molar-refractivity contribution in [3.63, 3.8) is 0 Å². The van der Waals surface area contributed by atoms with Gasteiger partial charge in [-0.15, -0.1) is 0 Å². The van der Waals surface area contributed by atoms with E-state index in [9.17, 15) is 8.42 Å². The lowest BCUT2D eigenvalue weighted by Crippen LogP contribution is -2.36. The van der Waals surface area contributed by atoms with E-state index in [1.54, 1.807) is 4.31 Å². The normalized spacial score (nSPS) is 16.6. The van der Waals surface area contributed by atoms with Gasteiger partial charge in [-0.1, -0.05) is 27.7 Å². The Kier molecular flexibility index (Phi) is 7.48. The van der Waals surface area contributed by atoms with Crippen LogP contribution in [0, 0.1) is 5.92 Å². The van der Waals surface area contributed by atoms with E-state index >= 15 is 0 Å². The van der Waals surface area contributed by atoms with Crippen molar-refractivity contribution < 1.29 is 8.42 Å². The number of nitrogens with zero attached hydrogens (tertiary/aromatic N) is 1. The van der Waals surface area contributed by atoms with Crippen molar-refractivity contribution in [2.75, 3.05) is 18.8 Å². The second-order valence-electron chi connectivity index (χ2n) is 6.66. The zero-order valence-electron chi connectivity index (χ0n) is 13.6. The Morgan fingerprint density at radius 3 is 2.30 bits per heavy atom. The Hall–Kier alpha value is -0.130. The van der Waals surface area contributed by atoms with E-state index in [2.05, 4.69) is 33.0 Å². The largest absolute Gasteiger partial charge is 0.315 e. The Labute approximate surface area is 125 Å². The van der Waals surface area contributed by atoms with E-state index in [0.29, 0.717) is 30.3 Å². The lowest BCUT2D eigenvalue weighted by Gasteiger charge is -2.22.